The van der Waals surface area contributed by atoms with Crippen molar-refractivity contribution in [3.05, 3.63) is 59.0 Å². The Morgan fingerprint density at radius 2 is 1.93 bits per heavy atom. The Bertz CT molecular complexity index is 926. The number of benzene rings is 1. The minimum Gasteiger partial charge on any atom is -0.357 e. The Morgan fingerprint density at radius 1 is 1.15 bits per heavy atom. The van der Waals surface area contributed by atoms with Gasteiger partial charge in [-0.05, 0) is 38.5 Å². The number of pyridine rings is 1. The van der Waals surface area contributed by atoms with Gasteiger partial charge in [-0.3, -0.25) is 9.67 Å². The largest absolute Gasteiger partial charge is 0.357 e. The van der Waals surface area contributed by atoms with E-state index in [0.717, 1.165) is 29.1 Å². The van der Waals surface area contributed by atoms with Gasteiger partial charge in [0.15, 0.2) is 5.96 Å². The van der Waals surface area contributed by atoms with E-state index >= 15 is 0 Å². The highest BCUT2D eigenvalue weighted by atomic mass is 127. The van der Waals surface area contributed by atoms with E-state index in [4.69, 9.17) is 4.99 Å². The Labute approximate surface area is 177 Å². The summed E-state index contributed by atoms with van der Waals surface area (Å²) in [6.45, 7) is 8.31. The number of fused-ring (bicyclic) bond motifs is 1. The normalized spacial score (nSPS) is 11.3. The molecule has 0 amide bonds. The summed E-state index contributed by atoms with van der Waals surface area (Å²) in [6.07, 6.45) is 1.84. The average molecular weight is 478 g/mol. The molecule has 27 heavy (non-hydrogen) atoms. The van der Waals surface area contributed by atoms with Gasteiger partial charge in [-0.2, -0.15) is 5.10 Å². The van der Waals surface area contributed by atoms with Gasteiger partial charge < -0.3 is 10.6 Å². The number of para-hydroxylation sites is 1. The van der Waals surface area contributed by atoms with Crippen LogP contribution in [0.3, 0.4) is 0 Å². The second-order valence-corrected chi connectivity index (χ2v) is 6.31. The highest BCUT2D eigenvalue weighted by Gasteiger charge is 2.10. The molecule has 0 atom stereocenters. The van der Waals surface area contributed by atoms with Gasteiger partial charge in [0.25, 0.3) is 0 Å². The minimum atomic E-state index is 0. The first-order valence-corrected chi connectivity index (χ1v) is 8.94. The molecule has 3 aromatic rings. The highest BCUT2D eigenvalue weighted by Crippen LogP contribution is 2.17. The average Bonchev–Trinajstić information content (AvgIpc) is 2.89. The lowest BCUT2D eigenvalue weighted by Gasteiger charge is -2.12. The lowest BCUT2D eigenvalue weighted by atomic mass is 10.1. The van der Waals surface area contributed by atoms with Crippen molar-refractivity contribution in [2.75, 3.05) is 6.54 Å². The zero-order valence-corrected chi connectivity index (χ0v) is 18.6. The number of aryl methyl sites for hydroxylation is 2. The van der Waals surface area contributed by atoms with E-state index in [1.54, 1.807) is 0 Å². The molecule has 6 nitrogen and oxygen atoms in total. The van der Waals surface area contributed by atoms with Gasteiger partial charge in [0.1, 0.15) is 0 Å². The molecule has 0 saturated heterocycles. The van der Waals surface area contributed by atoms with E-state index in [2.05, 4.69) is 40.6 Å². The number of nitrogens with one attached hydrogen (secondary N) is 2. The maximum atomic E-state index is 4.75. The van der Waals surface area contributed by atoms with Gasteiger partial charge in [0, 0.05) is 43.0 Å². The first kappa shape index (κ1) is 21.1. The number of hydrogen-bond acceptors (Lipinski definition) is 3. The second-order valence-electron chi connectivity index (χ2n) is 6.31. The van der Waals surface area contributed by atoms with Crippen LogP contribution in [0.5, 0.6) is 0 Å². The Balaban J connectivity index is 0.00000261. The molecule has 0 fully saturated rings. The van der Waals surface area contributed by atoms with Gasteiger partial charge in [0.05, 0.1) is 17.8 Å². The lowest BCUT2D eigenvalue weighted by molar-refractivity contribution is 0.728. The number of rotatable bonds is 5. The van der Waals surface area contributed by atoms with Crippen LogP contribution in [-0.2, 0) is 20.1 Å². The molecule has 0 saturated carbocycles. The third-order valence-electron chi connectivity index (χ3n) is 4.58. The zero-order chi connectivity index (χ0) is 18.5. The van der Waals surface area contributed by atoms with Gasteiger partial charge in [-0.25, -0.2) is 4.99 Å². The van der Waals surface area contributed by atoms with Gasteiger partial charge >= 0.3 is 0 Å². The van der Waals surface area contributed by atoms with Crippen LogP contribution in [0.4, 0.5) is 0 Å². The van der Waals surface area contributed by atoms with Crippen molar-refractivity contribution in [3.8, 4) is 0 Å². The maximum absolute atomic E-state index is 4.75. The molecule has 2 heterocycles. The molecule has 0 unspecified atom stereocenters. The lowest BCUT2D eigenvalue weighted by Crippen LogP contribution is -2.37. The minimum absolute atomic E-state index is 0. The standard InChI is InChI=1S/C20H26N6.HI/c1-5-21-20(24-13-18-14(2)25-26(4)15(18)3)23-12-16-10-11-22-19-9-7-6-8-17(16)19;/h6-11H,5,12-13H2,1-4H3,(H2,21,23,24);1H. The number of guanidine groups is 1. The fourth-order valence-corrected chi connectivity index (χ4v) is 3.04. The van der Waals surface area contributed by atoms with Crippen LogP contribution >= 0.6 is 24.0 Å². The predicted octanol–water partition coefficient (Wildman–Crippen LogP) is 3.46. The predicted molar refractivity (Wildman–Crippen MR) is 121 cm³/mol. The quantitative estimate of drug-likeness (QED) is 0.335. The van der Waals surface area contributed by atoms with E-state index in [-0.39, 0.29) is 24.0 Å². The number of hydrogen-bond donors (Lipinski definition) is 2. The number of halogens is 1. The van der Waals surface area contributed by atoms with Gasteiger partial charge in [0.2, 0.25) is 0 Å². The van der Waals surface area contributed by atoms with Crippen LogP contribution in [-0.4, -0.2) is 27.3 Å². The van der Waals surface area contributed by atoms with E-state index in [1.165, 1.54) is 16.8 Å². The molecule has 0 aliphatic rings. The van der Waals surface area contributed by atoms with Crippen LogP contribution in [0.25, 0.3) is 10.9 Å². The van der Waals surface area contributed by atoms with Crippen LogP contribution in [0.1, 0.15) is 29.4 Å². The van der Waals surface area contributed by atoms with Crippen molar-refractivity contribution in [1.82, 2.24) is 25.4 Å². The summed E-state index contributed by atoms with van der Waals surface area (Å²) in [4.78, 5) is 9.17. The number of aromatic nitrogens is 3. The first-order valence-electron chi connectivity index (χ1n) is 8.94. The molecular weight excluding hydrogens is 451 g/mol. The van der Waals surface area contributed by atoms with Crippen molar-refractivity contribution in [2.24, 2.45) is 12.0 Å². The fraction of sp³-hybridized carbons (Fsp3) is 0.350. The van der Waals surface area contributed by atoms with Crippen LogP contribution in [0, 0.1) is 13.8 Å². The van der Waals surface area contributed by atoms with Crippen molar-refractivity contribution in [1.29, 1.82) is 0 Å². The van der Waals surface area contributed by atoms with Crippen molar-refractivity contribution in [2.45, 2.75) is 33.9 Å². The van der Waals surface area contributed by atoms with Gasteiger partial charge in [-0.1, -0.05) is 18.2 Å². The molecule has 7 heteroatoms. The molecule has 0 aliphatic heterocycles. The summed E-state index contributed by atoms with van der Waals surface area (Å²) >= 11 is 0. The van der Waals surface area contributed by atoms with Crippen molar-refractivity contribution >= 4 is 40.8 Å². The third-order valence-corrected chi connectivity index (χ3v) is 4.58. The molecule has 0 spiro atoms. The van der Waals surface area contributed by atoms with E-state index < -0.39 is 0 Å². The zero-order valence-electron chi connectivity index (χ0n) is 16.3. The highest BCUT2D eigenvalue weighted by molar-refractivity contribution is 14.0. The summed E-state index contributed by atoms with van der Waals surface area (Å²) in [5.41, 5.74) is 5.60. The number of aliphatic imine (C=N–C) groups is 1. The second kappa shape index (κ2) is 9.68. The summed E-state index contributed by atoms with van der Waals surface area (Å²) in [5, 5.41) is 12.4. The summed E-state index contributed by atoms with van der Waals surface area (Å²) in [7, 11) is 1.97. The Kier molecular flexibility index (Phi) is 7.58. The Morgan fingerprint density at radius 3 is 2.63 bits per heavy atom. The van der Waals surface area contributed by atoms with Crippen LogP contribution in [0.15, 0.2) is 41.5 Å². The van der Waals surface area contributed by atoms with E-state index in [1.807, 2.05) is 49.1 Å². The molecule has 0 bridgehead atoms. The molecular formula is C20H27IN6. The van der Waals surface area contributed by atoms with E-state index in [9.17, 15) is 0 Å². The monoisotopic (exact) mass is 478 g/mol. The first-order chi connectivity index (χ1) is 12.6. The topological polar surface area (TPSA) is 67.1 Å². The summed E-state index contributed by atoms with van der Waals surface area (Å²) in [5.74, 6) is 0.802. The van der Waals surface area contributed by atoms with Crippen LogP contribution in [0.2, 0.25) is 0 Å². The van der Waals surface area contributed by atoms with Crippen molar-refractivity contribution in [3.63, 3.8) is 0 Å². The van der Waals surface area contributed by atoms with Gasteiger partial charge in [-0.15, -0.1) is 24.0 Å². The Hall–Kier alpha value is -2.16. The van der Waals surface area contributed by atoms with E-state index in [0.29, 0.717) is 13.1 Å². The molecule has 0 radical (unpaired) electrons. The smallest absolute Gasteiger partial charge is 0.191 e. The SMILES string of the molecule is CCNC(=NCc1ccnc2ccccc12)NCc1c(C)nn(C)c1C.I. The molecule has 1 aromatic carbocycles. The third kappa shape index (κ3) is 4.97. The fourth-order valence-electron chi connectivity index (χ4n) is 3.04. The maximum Gasteiger partial charge on any atom is 0.191 e. The molecule has 2 aromatic heterocycles. The van der Waals surface area contributed by atoms with Crippen LogP contribution < -0.4 is 10.6 Å². The molecule has 0 aliphatic carbocycles. The number of nitrogens with zero attached hydrogens (tertiary/aromatic N) is 4. The van der Waals surface area contributed by atoms with Crippen molar-refractivity contribution < 1.29 is 0 Å². The summed E-state index contributed by atoms with van der Waals surface area (Å²) in [6, 6.07) is 10.2. The molecule has 2 N–H and O–H groups in total. The molecule has 3 rings (SSSR count). The molecule has 144 valence electrons. The summed E-state index contributed by atoms with van der Waals surface area (Å²) < 4.78 is 1.92.